The number of anilines is 1. The number of carbonyl (C=O) groups excluding carboxylic acids is 2. The molecule has 0 bridgehead atoms. The summed E-state index contributed by atoms with van der Waals surface area (Å²) in [6.07, 6.45) is -4.48. The van der Waals surface area contributed by atoms with E-state index in [1.165, 1.54) is 37.3 Å². The molecule has 0 aliphatic rings. The number of alkyl halides is 3. The molecule has 0 spiro atoms. The molecule has 134 valence electrons. The second kappa shape index (κ2) is 8.21. The van der Waals surface area contributed by atoms with E-state index in [1.807, 2.05) is 0 Å². The third-order valence-corrected chi connectivity index (χ3v) is 3.26. The molecule has 2 amide bonds. The van der Waals surface area contributed by atoms with Crippen molar-refractivity contribution in [2.24, 2.45) is 0 Å². The highest BCUT2D eigenvalue weighted by molar-refractivity contribution is 5.95. The fraction of sp³-hybridized carbons (Fsp3) is 0.158. The minimum Gasteiger partial charge on any atom is -0.341 e. The predicted octanol–water partition coefficient (Wildman–Crippen LogP) is 3.45. The Morgan fingerprint density at radius 1 is 1.04 bits per heavy atom. The molecule has 2 aromatic rings. The van der Waals surface area contributed by atoms with E-state index in [1.54, 1.807) is 12.1 Å². The summed E-state index contributed by atoms with van der Waals surface area (Å²) >= 11 is 0. The third kappa shape index (κ3) is 5.38. The number of hydrogen-bond donors (Lipinski definition) is 2. The summed E-state index contributed by atoms with van der Waals surface area (Å²) < 4.78 is 38.6. The van der Waals surface area contributed by atoms with Gasteiger partial charge in [0.25, 0.3) is 5.91 Å². The molecule has 4 nitrogen and oxygen atoms in total. The number of amides is 2. The highest BCUT2D eigenvalue weighted by atomic mass is 19.4. The molecule has 0 radical (unpaired) electrons. The summed E-state index contributed by atoms with van der Waals surface area (Å²) in [5.41, 5.74) is -0.0597. The van der Waals surface area contributed by atoms with Gasteiger partial charge in [0.2, 0.25) is 5.91 Å². The third-order valence-electron chi connectivity index (χ3n) is 3.26. The highest BCUT2D eigenvalue weighted by Crippen LogP contribution is 2.31. The lowest BCUT2D eigenvalue weighted by Crippen LogP contribution is -2.23. The summed E-state index contributed by atoms with van der Waals surface area (Å²) in [6, 6.07) is 11.2. The van der Waals surface area contributed by atoms with Crippen molar-refractivity contribution < 1.29 is 22.8 Å². The van der Waals surface area contributed by atoms with Crippen LogP contribution < -0.4 is 10.6 Å². The zero-order valence-electron chi connectivity index (χ0n) is 13.8. The summed E-state index contributed by atoms with van der Waals surface area (Å²) in [5, 5.41) is 5.08. The number of hydrogen-bond acceptors (Lipinski definition) is 2. The second-order valence-electron chi connectivity index (χ2n) is 5.29. The molecule has 0 aliphatic heterocycles. The summed E-state index contributed by atoms with van der Waals surface area (Å²) in [5.74, 6) is 4.29. The van der Waals surface area contributed by atoms with Gasteiger partial charge in [0.05, 0.1) is 12.1 Å². The van der Waals surface area contributed by atoms with Crippen LogP contribution in [0.5, 0.6) is 0 Å². The fourth-order valence-corrected chi connectivity index (χ4v) is 2.11. The van der Waals surface area contributed by atoms with E-state index in [0.717, 1.165) is 6.07 Å². The molecule has 7 heteroatoms. The molecule has 2 rings (SSSR count). The van der Waals surface area contributed by atoms with Crippen molar-refractivity contribution in [2.45, 2.75) is 13.1 Å². The minimum atomic E-state index is -4.48. The standard InChI is InChI=1S/C19H15F3N2O2/c1-13(25)24-16-10-8-15(9-11-16)18(26)23-12-4-6-14-5-2-3-7-17(14)19(20,21)22/h2-3,5,7-11H,12H2,1H3,(H,23,26)(H,24,25). The van der Waals surface area contributed by atoms with Gasteiger partial charge in [0, 0.05) is 23.7 Å². The van der Waals surface area contributed by atoms with Gasteiger partial charge in [-0.25, -0.2) is 0 Å². The van der Waals surface area contributed by atoms with Crippen molar-refractivity contribution >= 4 is 17.5 Å². The summed E-state index contributed by atoms with van der Waals surface area (Å²) in [7, 11) is 0. The van der Waals surface area contributed by atoms with Gasteiger partial charge < -0.3 is 10.6 Å². The lowest BCUT2D eigenvalue weighted by Gasteiger charge is -2.08. The number of carbonyl (C=O) groups is 2. The molecule has 0 aliphatic carbocycles. The van der Waals surface area contributed by atoms with Crippen LogP contribution in [0.25, 0.3) is 0 Å². The van der Waals surface area contributed by atoms with Crippen LogP contribution in [-0.4, -0.2) is 18.4 Å². The Morgan fingerprint density at radius 3 is 2.31 bits per heavy atom. The van der Waals surface area contributed by atoms with Gasteiger partial charge in [-0.1, -0.05) is 24.0 Å². The Kier molecular flexibility index (Phi) is 6.02. The van der Waals surface area contributed by atoms with E-state index in [9.17, 15) is 22.8 Å². The van der Waals surface area contributed by atoms with Gasteiger partial charge in [-0.2, -0.15) is 13.2 Å². The zero-order chi connectivity index (χ0) is 19.2. The molecule has 0 saturated heterocycles. The predicted molar refractivity (Wildman–Crippen MR) is 91.4 cm³/mol. The van der Waals surface area contributed by atoms with Crippen LogP contribution in [0.1, 0.15) is 28.4 Å². The monoisotopic (exact) mass is 360 g/mol. The van der Waals surface area contributed by atoms with Crippen molar-refractivity contribution in [3.05, 3.63) is 65.2 Å². The molecule has 0 heterocycles. The number of benzene rings is 2. The Labute approximate surface area is 148 Å². The van der Waals surface area contributed by atoms with E-state index in [4.69, 9.17) is 0 Å². The van der Waals surface area contributed by atoms with Gasteiger partial charge in [0.1, 0.15) is 0 Å². The van der Waals surface area contributed by atoms with Crippen molar-refractivity contribution in [3.8, 4) is 11.8 Å². The van der Waals surface area contributed by atoms with Crippen molar-refractivity contribution in [1.82, 2.24) is 5.32 Å². The van der Waals surface area contributed by atoms with Gasteiger partial charge in [-0.05, 0) is 36.4 Å². The number of rotatable bonds is 3. The van der Waals surface area contributed by atoms with Crippen LogP contribution in [0.3, 0.4) is 0 Å². The minimum absolute atomic E-state index is 0.0987. The fourth-order valence-electron chi connectivity index (χ4n) is 2.11. The molecule has 0 unspecified atom stereocenters. The largest absolute Gasteiger partial charge is 0.417 e. The van der Waals surface area contributed by atoms with Gasteiger partial charge >= 0.3 is 6.18 Å². The average molecular weight is 360 g/mol. The van der Waals surface area contributed by atoms with E-state index < -0.39 is 17.6 Å². The molecule has 2 N–H and O–H groups in total. The van der Waals surface area contributed by atoms with E-state index >= 15 is 0 Å². The molecule has 26 heavy (non-hydrogen) atoms. The average Bonchev–Trinajstić information content (AvgIpc) is 2.58. The molecule has 0 atom stereocenters. The molecule has 0 saturated carbocycles. The van der Waals surface area contributed by atoms with Crippen LogP contribution in [0, 0.1) is 11.8 Å². The summed E-state index contributed by atoms with van der Waals surface area (Å²) in [6.45, 7) is 1.27. The maximum atomic E-state index is 12.9. The Balaban J connectivity index is 1.98. The summed E-state index contributed by atoms with van der Waals surface area (Å²) in [4.78, 5) is 22.9. The Bertz CT molecular complexity index is 863. The number of halogens is 3. The lowest BCUT2D eigenvalue weighted by molar-refractivity contribution is -0.137. The van der Waals surface area contributed by atoms with Crippen LogP contribution in [0.2, 0.25) is 0 Å². The van der Waals surface area contributed by atoms with Gasteiger partial charge in [-0.3, -0.25) is 9.59 Å². The topological polar surface area (TPSA) is 58.2 Å². The van der Waals surface area contributed by atoms with Gasteiger partial charge in [0.15, 0.2) is 0 Å². The Hall–Kier alpha value is -3.27. The smallest absolute Gasteiger partial charge is 0.341 e. The molecule has 0 fully saturated rings. The van der Waals surface area contributed by atoms with Crippen LogP contribution in [0.4, 0.5) is 18.9 Å². The quantitative estimate of drug-likeness (QED) is 0.824. The van der Waals surface area contributed by atoms with Crippen LogP contribution in [-0.2, 0) is 11.0 Å². The molecule has 0 aromatic heterocycles. The van der Waals surface area contributed by atoms with Crippen molar-refractivity contribution in [2.75, 3.05) is 11.9 Å². The molecule has 2 aromatic carbocycles. The van der Waals surface area contributed by atoms with Crippen molar-refractivity contribution in [3.63, 3.8) is 0 Å². The second-order valence-corrected chi connectivity index (χ2v) is 5.29. The van der Waals surface area contributed by atoms with E-state index in [-0.39, 0.29) is 18.0 Å². The Morgan fingerprint density at radius 2 is 1.69 bits per heavy atom. The first-order chi connectivity index (χ1) is 12.3. The zero-order valence-corrected chi connectivity index (χ0v) is 13.8. The first-order valence-corrected chi connectivity index (χ1v) is 7.58. The first-order valence-electron chi connectivity index (χ1n) is 7.58. The lowest BCUT2D eigenvalue weighted by atomic mass is 10.1. The van der Waals surface area contributed by atoms with Crippen LogP contribution in [0.15, 0.2) is 48.5 Å². The SMILES string of the molecule is CC(=O)Nc1ccc(C(=O)NCC#Cc2ccccc2C(F)(F)F)cc1. The molecular weight excluding hydrogens is 345 g/mol. The maximum Gasteiger partial charge on any atom is 0.417 e. The van der Waals surface area contributed by atoms with E-state index in [0.29, 0.717) is 11.3 Å². The van der Waals surface area contributed by atoms with Gasteiger partial charge in [-0.15, -0.1) is 0 Å². The van der Waals surface area contributed by atoms with E-state index in [2.05, 4.69) is 22.5 Å². The van der Waals surface area contributed by atoms with Crippen LogP contribution >= 0.6 is 0 Å². The highest BCUT2D eigenvalue weighted by Gasteiger charge is 2.32. The number of nitrogens with one attached hydrogen (secondary N) is 2. The maximum absolute atomic E-state index is 12.9. The van der Waals surface area contributed by atoms with Crippen molar-refractivity contribution in [1.29, 1.82) is 0 Å². The molecular formula is C19H15F3N2O2. The normalized spacial score (nSPS) is 10.5. The first kappa shape index (κ1) is 19.1.